The van der Waals surface area contributed by atoms with Crippen molar-refractivity contribution in [2.75, 3.05) is 19.7 Å². The molecule has 0 aliphatic carbocycles. The molecule has 2 rings (SSSR count). The van der Waals surface area contributed by atoms with Crippen LogP contribution in [0, 0.1) is 11.2 Å². The Morgan fingerprint density at radius 2 is 2.06 bits per heavy atom. The Morgan fingerprint density at radius 1 is 1.35 bits per heavy atom. The molecule has 94 valence electrons. The minimum Gasteiger partial charge on any atom is -0.396 e. The van der Waals surface area contributed by atoms with Crippen LogP contribution >= 0.6 is 15.9 Å². The Kier molecular flexibility index (Phi) is 4.17. The molecule has 0 atom stereocenters. The molecule has 0 amide bonds. The quantitative estimate of drug-likeness (QED) is 0.899. The van der Waals surface area contributed by atoms with Gasteiger partial charge in [-0.25, -0.2) is 4.39 Å². The maximum Gasteiger partial charge on any atom is 0.123 e. The zero-order valence-electron chi connectivity index (χ0n) is 9.68. The largest absolute Gasteiger partial charge is 0.396 e. The molecular weight excluding hydrogens is 285 g/mol. The van der Waals surface area contributed by atoms with Crippen LogP contribution in [0.2, 0.25) is 0 Å². The first-order chi connectivity index (χ1) is 8.15. The molecule has 17 heavy (non-hydrogen) atoms. The van der Waals surface area contributed by atoms with Crippen molar-refractivity contribution in [1.82, 2.24) is 5.32 Å². The zero-order valence-corrected chi connectivity index (χ0v) is 11.3. The number of rotatable bonds is 3. The molecule has 2 N–H and O–H groups in total. The minimum absolute atomic E-state index is 0.0957. The molecule has 0 saturated carbocycles. The minimum atomic E-state index is -0.217. The number of aliphatic hydroxyl groups excluding tert-OH is 1. The lowest BCUT2D eigenvalue weighted by Gasteiger charge is -2.36. The van der Waals surface area contributed by atoms with Crippen molar-refractivity contribution in [3.63, 3.8) is 0 Å². The van der Waals surface area contributed by atoms with Crippen LogP contribution < -0.4 is 5.32 Å². The highest BCUT2D eigenvalue weighted by Gasteiger charge is 2.32. The first kappa shape index (κ1) is 13.0. The van der Waals surface area contributed by atoms with Crippen LogP contribution in [0.3, 0.4) is 0 Å². The summed E-state index contributed by atoms with van der Waals surface area (Å²) in [4.78, 5) is 0. The van der Waals surface area contributed by atoms with E-state index in [0.29, 0.717) is 0 Å². The topological polar surface area (TPSA) is 32.3 Å². The second kappa shape index (κ2) is 5.46. The molecule has 1 aromatic rings. The zero-order chi connectivity index (χ0) is 12.3. The summed E-state index contributed by atoms with van der Waals surface area (Å²) in [6, 6.07) is 4.74. The smallest absolute Gasteiger partial charge is 0.123 e. The number of piperidine rings is 1. The van der Waals surface area contributed by atoms with Gasteiger partial charge in [-0.2, -0.15) is 0 Å². The lowest BCUT2D eigenvalue weighted by molar-refractivity contribution is 0.0891. The molecule has 0 aromatic heterocycles. The highest BCUT2D eigenvalue weighted by Crippen LogP contribution is 2.34. The first-order valence-corrected chi connectivity index (χ1v) is 6.70. The van der Waals surface area contributed by atoms with Crippen molar-refractivity contribution >= 4 is 15.9 Å². The molecule has 1 saturated heterocycles. The van der Waals surface area contributed by atoms with Crippen molar-refractivity contribution in [2.45, 2.75) is 19.3 Å². The summed E-state index contributed by atoms with van der Waals surface area (Å²) in [7, 11) is 0. The number of nitrogens with one attached hydrogen (secondary N) is 1. The molecule has 0 radical (unpaired) electrons. The van der Waals surface area contributed by atoms with Crippen molar-refractivity contribution in [3.8, 4) is 0 Å². The van der Waals surface area contributed by atoms with Crippen molar-refractivity contribution in [3.05, 3.63) is 34.1 Å². The van der Waals surface area contributed by atoms with Crippen LogP contribution in [0.5, 0.6) is 0 Å². The van der Waals surface area contributed by atoms with Crippen molar-refractivity contribution < 1.29 is 9.50 Å². The van der Waals surface area contributed by atoms with Gasteiger partial charge >= 0.3 is 0 Å². The predicted molar refractivity (Wildman–Crippen MR) is 69.4 cm³/mol. The van der Waals surface area contributed by atoms with Gasteiger partial charge in [0.05, 0.1) is 0 Å². The second-order valence-corrected chi connectivity index (χ2v) is 5.67. The number of halogens is 2. The normalized spacial score (nSPS) is 19.2. The van der Waals surface area contributed by atoms with E-state index in [9.17, 15) is 9.50 Å². The summed E-state index contributed by atoms with van der Waals surface area (Å²) in [5.74, 6) is -0.217. The molecular formula is C13H17BrFNO. The highest BCUT2D eigenvalue weighted by molar-refractivity contribution is 9.10. The van der Waals surface area contributed by atoms with Gasteiger partial charge in [0, 0.05) is 11.1 Å². The van der Waals surface area contributed by atoms with E-state index in [1.54, 1.807) is 12.1 Å². The Balaban J connectivity index is 2.20. The van der Waals surface area contributed by atoms with E-state index >= 15 is 0 Å². The average molecular weight is 302 g/mol. The van der Waals surface area contributed by atoms with Gasteiger partial charge in [0.2, 0.25) is 0 Å². The Hall–Kier alpha value is -0.450. The molecule has 1 fully saturated rings. The molecule has 4 heteroatoms. The fraction of sp³-hybridized carbons (Fsp3) is 0.538. The third-order valence-electron chi connectivity index (χ3n) is 3.57. The molecule has 1 aliphatic heterocycles. The molecule has 0 bridgehead atoms. The third-order valence-corrected chi connectivity index (χ3v) is 4.35. The van der Waals surface area contributed by atoms with E-state index in [4.69, 9.17) is 0 Å². The van der Waals surface area contributed by atoms with Gasteiger partial charge in [-0.1, -0.05) is 15.9 Å². The first-order valence-electron chi connectivity index (χ1n) is 5.91. The van der Waals surface area contributed by atoms with Gasteiger partial charge in [0.25, 0.3) is 0 Å². The third kappa shape index (κ3) is 3.06. The summed E-state index contributed by atoms with van der Waals surface area (Å²) in [6.45, 7) is 2.01. The van der Waals surface area contributed by atoms with Crippen LogP contribution in [0.25, 0.3) is 0 Å². The van der Waals surface area contributed by atoms with E-state index in [0.717, 1.165) is 42.4 Å². The maximum absolute atomic E-state index is 13.2. The second-order valence-electron chi connectivity index (χ2n) is 4.82. The lowest BCUT2D eigenvalue weighted by atomic mass is 9.75. The fourth-order valence-corrected chi connectivity index (χ4v) is 2.82. The van der Waals surface area contributed by atoms with Gasteiger partial charge in [-0.05, 0) is 61.5 Å². The van der Waals surface area contributed by atoms with Crippen LogP contribution in [0.15, 0.2) is 22.7 Å². The summed E-state index contributed by atoms with van der Waals surface area (Å²) >= 11 is 3.45. The monoisotopic (exact) mass is 301 g/mol. The SMILES string of the molecule is OCC1(Cc2cc(F)ccc2Br)CCNCC1. The Labute approximate surface area is 109 Å². The van der Waals surface area contributed by atoms with E-state index < -0.39 is 0 Å². The van der Waals surface area contributed by atoms with Crippen LogP contribution in [0.1, 0.15) is 18.4 Å². The van der Waals surface area contributed by atoms with Crippen molar-refractivity contribution in [1.29, 1.82) is 0 Å². The van der Waals surface area contributed by atoms with Crippen LogP contribution in [-0.4, -0.2) is 24.8 Å². The molecule has 0 spiro atoms. The van der Waals surface area contributed by atoms with Gasteiger partial charge in [-0.3, -0.25) is 0 Å². The number of hydrogen-bond donors (Lipinski definition) is 2. The van der Waals surface area contributed by atoms with Crippen LogP contribution in [-0.2, 0) is 6.42 Å². The summed E-state index contributed by atoms with van der Waals surface area (Å²) in [6.07, 6.45) is 2.60. The van der Waals surface area contributed by atoms with E-state index in [-0.39, 0.29) is 17.8 Å². The molecule has 0 unspecified atom stereocenters. The number of aliphatic hydroxyl groups is 1. The standard InChI is InChI=1S/C13H17BrFNO/c14-12-2-1-11(15)7-10(12)8-13(9-17)3-5-16-6-4-13/h1-2,7,16-17H,3-6,8-9H2. The summed E-state index contributed by atoms with van der Waals surface area (Å²) in [5.41, 5.74) is 0.850. The molecule has 2 nitrogen and oxygen atoms in total. The molecule has 1 aromatic carbocycles. The summed E-state index contributed by atoms with van der Waals surface area (Å²) in [5, 5.41) is 12.9. The number of benzene rings is 1. The Morgan fingerprint density at radius 3 is 2.71 bits per heavy atom. The highest BCUT2D eigenvalue weighted by atomic mass is 79.9. The number of hydrogen-bond acceptors (Lipinski definition) is 2. The van der Waals surface area contributed by atoms with E-state index in [1.807, 2.05) is 0 Å². The van der Waals surface area contributed by atoms with Gasteiger partial charge in [0.1, 0.15) is 5.82 Å². The average Bonchev–Trinajstić information content (AvgIpc) is 2.35. The van der Waals surface area contributed by atoms with Crippen molar-refractivity contribution in [2.24, 2.45) is 5.41 Å². The lowest BCUT2D eigenvalue weighted by Crippen LogP contribution is -2.40. The van der Waals surface area contributed by atoms with E-state index in [1.165, 1.54) is 6.07 Å². The predicted octanol–water partition coefficient (Wildman–Crippen LogP) is 2.49. The maximum atomic E-state index is 13.2. The molecule has 1 aliphatic rings. The van der Waals surface area contributed by atoms with Crippen LogP contribution in [0.4, 0.5) is 4.39 Å². The van der Waals surface area contributed by atoms with E-state index in [2.05, 4.69) is 21.2 Å². The fourth-order valence-electron chi connectivity index (χ4n) is 2.43. The molecule has 1 heterocycles. The summed E-state index contributed by atoms with van der Waals surface area (Å²) < 4.78 is 14.2. The van der Waals surface area contributed by atoms with Gasteiger partial charge in [0.15, 0.2) is 0 Å². The Bertz CT molecular complexity index is 391. The van der Waals surface area contributed by atoms with Gasteiger partial charge < -0.3 is 10.4 Å². The van der Waals surface area contributed by atoms with Gasteiger partial charge in [-0.15, -0.1) is 0 Å².